The van der Waals surface area contributed by atoms with E-state index in [-0.39, 0.29) is 5.92 Å². The van der Waals surface area contributed by atoms with E-state index in [1.807, 2.05) is 45.0 Å². The fourth-order valence-electron chi connectivity index (χ4n) is 3.21. The third-order valence-electron chi connectivity index (χ3n) is 4.83. The van der Waals surface area contributed by atoms with Crippen LogP contribution in [0, 0.1) is 12.8 Å². The number of hydrazone groups is 1. The normalized spacial score (nSPS) is 12.2. The molecule has 1 heterocycles. The molecule has 6 nitrogen and oxygen atoms in total. The third-order valence-corrected chi connectivity index (χ3v) is 5.82. The van der Waals surface area contributed by atoms with Crippen LogP contribution in [0.2, 0.25) is 5.02 Å². The quantitative estimate of drug-likeness (QED) is 0.278. The molecule has 0 spiro atoms. The Morgan fingerprint density at radius 1 is 1.15 bits per heavy atom. The average Bonchev–Trinajstić information content (AvgIpc) is 3.21. The van der Waals surface area contributed by atoms with E-state index in [2.05, 4.69) is 31.8 Å². The second-order valence-corrected chi connectivity index (χ2v) is 9.32. The number of aryl methyl sites for hydroxylation is 1. The van der Waals surface area contributed by atoms with E-state index in [9.17, 15) is 9.59 Å². The summed E-state index contributed by atoms with van der Waals surface area (Å²) in [6.45, 7) is 5.96. The number of furan rings is 1. The van der Waals surface area contributed by atoms with Gasteiger partial charge in [0, 0.05) is 10.0 Å². The Morgan fingerprint density at radius 2 is 1.91 bits per heavy atom. The van der Waals surface area contributed by atoms with E-state index in [0.29, 0.717) is 28.5 Å². The van der Waals surface area contributed by atoms with Crippen molar-refractivity contribution in [3.8, 4) is 11.3 Å². The molecular formula is C25H25BrClN3O3. The van der Waals surface area contributed by atoms with Gasteiger partial charge in [0.1, 0.15) is 17.6 Å². The van der Waals surface area contributed by atoms with Crippen LogP contribution >= 0.6 is 27.5 Å². The van der Waals surface area contributed by atoms with Crippen LogP contribution in [0.25, 0.3) is 11.3 Å². The predicted molar refractivity (Wildman–Crippen MR) is 134 cm³/mol. The first kappa shape index (κ1) is 24.7. The molecule has 0 aliphatic rings. The molecule has 172 valence electrons. The number of hydrogen-bond acceptors (Lipinski definition) is 4. The summed E-state index contributed by atoms with van der Waals surface area (Å²) in [6.07, 6.45) is 1.87. The summed E-state index contributed by atoms with van der Waals surface area (Å²) in [6, 6.07) is 15.5. The zero-order chi connectivity index (χ0) is 24.0. The van der Waals surface area contributed by atoms with Gasteiger partial charge in [0.15, 0.2) is 0 Å². The lowest BCUT2D eigenvalue weighted by Gasteiger charge is -2.19. The fraction of sp³-hybridized carbons (Fsp3) is 0.240. The minimum absolute atomic E-state index is 0.178. The van der Waals surface area contributed by atoms with E-state index in [1.54, 1.807) is 30.3 Å². The number of benzene rings is 2. The molecule has 2 amide bonds. The van der Waals surface area contributed by atoms with Crippen LogP contribution < -0.4 is 10.7 Å². The Bertz CT molecular complexity index is 1170. The number of rotatable bonds is 8. The Morgan fingerprint density at radius 3 is 2.61 bits per heavy atom. The Hall–Kier alpha value is -2.90. The maximum absolute atomic E-state index is 12.7. The predicted octanol–water partition coefficient (Wildman–Crippen LogP) is 5.97. The lowest BCUT2D eigenvalue weighted by atomic mass is 10.0. The summed E-state index contributed by atoms with van der Waals surface area (Å²) < 4.78 is 6.75. The van der Waals surface area contributed by atoms with E-state index in [1.165, 1.54) is 6.21 Å². The lowest BCUT2D eigenvalue weighted by molar-refractivity contribution is -0.123. The van der Waals surface area contributed by atoms with Crippen molar-refractivity contribution < 1.29 is 14.0 Å². The summed E-state index contributed by atoms with van der Waals surface area (Å²) in [5.74, 6) is 0.507. The number of carbonyl (C=O) groups excluding carboxylic acids is 2. The maximum Gasteiger partial charge on any atom is 0.262 e. The highest BCUT2D eigenvalue weighted by atomic mass is 79.9. The van der Waals surface area contributed by atoms with Gasteiger partial charge >= 0.3 is 0 Å². The van der Waals surface area contributed by atoms with Gasteiger partial charge in [0.05, 0.1) is 16.8 Å². The fourth-order valence-corrected chi connectivity index (χ4v) is 4.12. The van der Waals surface area contributed by atoms with Crippen LogP contribution in [0.5, 0.6) is 0 Å². The largest absolute Gasteiger partial charge is 0.455 e. The van der Waals surface area contributed by atoms with Crippen LogP contribution in [-0.4, -0.2) is 24.1 Å². The molecule has 0 aliphatic heterocycles. The maximum atomic E-state index is 12.7. The molecule has 3 aromatic rings. The first-order valence-corrected chi connectivity index (χ1v) is 11.7. The van der Waals surface area contributed by atoms with Gasteiger partial charge in [0.2, 0.25) is 0 Å². The molecule has 2 aromatic carbocycles. The number of carbonyl (C=O) groups is 2. The highest BCUT2D eigenvalue weighted by Crippen LogP contribution is 2.30. The average molecular weight is 531 g/mol. The van der Waals surface area contributed by atoms with Gasteiger partial charge in [-0.1, -0.05) is 59.6 Å². The molecule has 0 saturated carbocycles. The second-order valence-electron chi connectivity index (χ2n) is 8.06. The molecular weight excluding hydrogens is 506 g/mol. The minimum Gasteiger partial charge on any atom is -0.455 e. The van der Waals surface area contributed by atoms with Crippen molar-refractivity contribution in [1.29, 1.82) is 0 Å². The molecule has 0 radical (unpaired) electrons. The van der Waals surface area contributed by atoms with Crippen molar-refractivity contribution in [3.05, 3.63) is 81.0 Å². The first-order valence-electron chi connectivity index (χ1n) is 10.5. The summed E-state index contributed by atoms with van der Waals surface area (Å²) in [4.78, 5) is 25.3. The van der Waals surface area contributed by atoms with Crippen LogP contribution in [0.3, 0.4) is 0 Å². The van der Waals surface area contributed by atoms with Gasteiger partial charge in [-0.2, -0.15) is 5.10 Å². The third kappa shape index (κ3) is 6.79. The highest BCUT2D eigenvalue weighted by molar-refractivity contribution is 9.10. The van der Waals surface area contributed by atoms with Crippen LogP contribution in [-0.2, 0) is 4.79 Å². The monoisotopic (exact) mass is 529 g/mol. The zero-order valence-electron chi connectivity index (χ0n) is 18.6. The minimum atomic E-state index is -0.762. The molecule has 33 heavy (non-hydrogen) atoms. The molecule has 0 unspecified atom stereocenters. The highest BCUT2D eigenvalue weighted by Gasteiger charge is 2.23. The zero-order valence-corrected chi connectivity index (χ0v) is 20.9. The van der Waals surface area contributed by atoms with Crippen molar-refractivity contribution in [1.82, 2.24) is 10.7 Å². The molecule has 2 N–H and O–H groups in total. The van der Waals surface area contributed by atoms with E-state index >= 15 is 0 Å². The molecule has 0 bridgehead atoms. The second kappa shape index (κ2) is 11.3. The molecule has 1 aromatic heterocycles. The molecule has 0 saturated heterocycles. The molecule has 3 rings (SSSR count). The number of hydrogen-bond donors (Lipinski definition) is 2. The van der Waals surface area contributed by atoms with Gasteiger partial charge in [-0.15, -0.1) is 0 Å². The Labute approximate surface area is 206 Å². The molecule has 1 atom stereocenters. The van der Waals surface area contributed by atoms with Crippen molar-refractivity contribution in [2.75, 3.05) is 0 Å². The van der Waals surface area contributed by atoms with Gasteiger partial charge in [-0.05, 0) is 61.2 Å². The molecule has 0 fully saturated rings. The van der Waals surface area contributed by atoms with Gasteiger partial charge in [-0.25, -0.2) is 5.43 Å². The van der Waals surface area contributed by atoms with Gasteiger partial charge < -0.3 is 9.73 Å². The summed E-state index contributed by atoms with van der Waals surface area (Å²) in [7, 11) is 0. The topological polar surface area (TPSA) is 83.7 Å². The van der Waals surface area contributed by atoms with Crippen molar-refractivity contribution in [2.24, 2.45) is 11.0 Å². The first-order chi connectivity index (χ1) is 15.7. The smallest absolute Gasteiger partial charge is 0.262 e. The molecule has 0 aliphatic carbocycles. The van der Waals surface area contributed by atoms with E-state index in [4.69, 9.17) is 16.0 Å². The van der Waals surface area contributed by atoms with Crippen LogP contribution in [0.1, 0.15) is 41.9 Å². The Balaban J connectivity index is 1.66. The summed E-state index contributed by atoms with van der Waals surface area (Å²) >= 11 is 9.65. The van der Waals surface area contributed by atoms with Gasteiger partial charge in [0.25, 0.3) is 11.8 Å². The van der Waals surface area contributed by atoms with Crippen molar-refractivity contribution in [3.63, 3.8) is 0 Å². The van der Waals surface area contributed by atoms with Crippen molar-refractivity contribution in [2.45, 2.75) is 33.2 Å². The van der Waals surface area contributed by atoms with E-state index < -0.39 is 17.9 Å². The Kier molecular flexibility index (Phi) is 8.47. The standard InChI is InChI=1S/C25H25BrClN3O3/c1-15(2)12-22(29-24(31)19-6-4-5-7-21(19)27)25(32)30-28-14-17-9-11-23(33-17)18-10-8-16(3)13-20(18)26/h4-11,13-15,22H,12H2,1-3H3,(H,29,31)(H,30,32)/b28-14-/t22-/m1/s1. The summed E-state index contributed by atoms with van der Waals surface area (Å²) in [5, 5.41) is 7.08. The van der Waals surface area contributed by atoms with Gasteiger partial charge in [-0.3, -0.25) is 9.59 Å². The van der Waals surface area contributed by atoms with Crippen LogP contribution in [0.15, 0.2) is 68.6 Å². The number of nitrogens with one attached hydrogen (secondary N) is 2. The SMILES string of the molecule is Cc1ccc(-c2ccc(/C=N\NC(=O)[C@@H](CC(C)C)NC(=O)c3ccccc3Cl)o2)c(Br)c1. The lowest BCUT2D eigenvalue weighted by Crippen LogP contribution is -2.46. The number of halogens is 2. The summed E-state index contributed by atoms with van der Waals surface area (Å²) in [5.41, 5.74) is 4.86. The molecule has 8 heteroatoms. The van der Waals surface area contributed by atoms with E-state index in [0.717, 1.165) is 15.6 Å². The van der Waals surface area contributed by atoms with Crippen LogP contribution in [0.4, 0.5) is 0 Å². The van der Waals surface area contributed by atoms with Crippen molar-refractivity contribution >= 4 is 45.6 Å². The number of amides is 2. The number of nitrogens with zero attached hydrogens (tertiary/aromatic N) is 1.